The van der Waals surface area contributed by atoms with Gasteiger partial charge >= 0.3 is 0 Å². The quantitative estimate of drug-likeness (QED) is 0.706. The van der Waals surface area contributed by atoms with E-state index < -0.39 is 0 Å². The Labute approximate surface area is 165 Å². The van der Waals surface area contributed by atoms with Crippen LogP contribution in [0.3, 0.4) is 0 Å². The summed E-state index contributed by atoms with van der Waals surface area (Å²) in [5, 5.41) is 12.4. The van der Waals surface area contributed by atoms with Crippen LogP contribution in [-0.2, 0) is 17.9 Å². The maximum Gasteiger partial charge on any atom is 0.233 e. The van der Waals surface area contributed by atoms with E-state index in [4.69, 9.17) is 0 Å². The van der Waals surface area contributed by atoms with Crippen LogP contribution >= 0.6 is 11.8 Å². The lowest BCUT2D eigenvalue weighted by atomic mass is 10.1. The van der Waals surface area contributed by atoms with Crippen LogP contribution in [0.4, 0.5) is 0 Å². The number of amides is 1. The molecule has 1 saturated heterocycles. The van der Waals surface area contributed by atoms with Crippen molar-refractivity contribution >= 4 is 17.7 Å². The topological polar surface area (TPSA) is 63.1 Å². The Morgan fingerprint density at radius 1 is 1.15 bits per heavy atom. The summed E-state index contributed by atoms with van der Waals surface area (Å²) in [7, 11) is 0. The Morgan fingerprint density at radius 2 is 1.89 bits per heavy atom. The molecule has 0 radical (unpaired) electrons. The molecule has 2 heterocycles. The number of thioether (sulfide) groups is 1. The number of benzene rings is 1. The molecule has 146 valence electrons. The van der Waals surface area contributed by atoms with Crippen molar-refractivity contribution in [3.8, 4) is 0 Å². The zero-order valence-corrected chi connectivity index (χ0v) is 17.0. The zero-order valence-electron chi connectivity index (χ0n) is 16.2. The van der Waals surface area contributed by atoms with E-state index in [1.165, 1.54) is 36.6 Å². The van der Waals surface area contributed by atoms with Crippen LogP contribution in [0.1, 0.15) is 44.5 Å². The van der Waals surface area contributed by atoms with Gasteiger partial charge in [-0.1, -0.05) is 48.5 Å². The number of hydrogen-bond acceptors (Lipinski definition) is 5. The molecule has 0 spiro atoms. The third kappa shape index (κ3) is 5.56. The molecule has 1 fully saturated rings. The zero-order chi connectivity index (χ0) is 19.1. The van der Waals surface area contributed by atoms with E-state index in [0.29, 0.717) is 6.54 Å². The monoisotopic (exact) mass is 387 g/mol. The molecule has 6 nitrogen and oxygen atoms in total. The molecule has 0 unspecified atom stereocenters. The Bertz CT molecular complexity index is 727. The number of aromatic nitrogens is 3. The predicted molar refractivity (Wildman–Crippen MR) is 109 cm³/mol. The molecule has 1 aliphatic rings. The maximum atomic E-state index is 12.1. The first-order valence-corrected chi connectivity index (χ1v) is 10.7. The number of likely N-dealkylation sites (tertiary alicyclic amines) is 1. The summed E-state index contributed by atoms with van der Waals surface area (Å²) in [6.45, 7) is 8.27. The van der Waals surface area contributed by atoms with Gasteiger partial charge in [-0.15, -0.1) is 10.2 Å². The van der Waals surface area contributed by atoms with Gasteiger partial charge in [0, 0.05) is 6.54 Å². The smallest absolute Gasteiger partial charge is 0.233 e. The highest BCUT2D eigenvalue weighted by molar-refractivity contribution is 8.00. The predicted octanol–water partition coefficient (Wildman–Crippen LogP) is 2.93. The lowest BCUT2D eigenvalue weighted by molar-refractivity contribution is -0.120. The number of nitrogens with zero attached hydrogens (tertiary/aromatic N) is 4. The Morgan fingerprint density at radius 3 is 2.59 bits per heavy atom. The van der Waals surface area contributed by atoms with Crippen LogP contribution in [0.15, 0.2) is 35.5 Å². The van der Waals surface area contributed by atoms with E-state index in [-0.39, 0.29) is 11.2 Å². The molecular formula is C20H29N5OS. The van der Waals surface area contributed by atoms with Gasteiger partial charge in [-0.3, -0.25) is 9.69 Å². The molecule has 0 saturated carbocycles. The average Bonchev–Trinajstić information content (AvgIpc) is 3.05. The molecule has 1 aromatic carbocycles. The second-order valence-electron chi connectivity index (χ2n) is 6.96. The van der Waals surface area contributed by atoms with Crippen molar-refractivity contribution in [3.63, 3.8) is 0 Å². The summed E-state index contributed by atoms with van der Waals surface area (Å²) in [6, 6.07) is 10.4. The molecule has 0 aliphatic carbocycles. The molecule has 1 atom stereocenters. The minimum atomic E-state index is -0.202. The lowest BCUT2D eigenvalue weighted by Gasteiger charge is -2.26. The Hall–Kier alpha value is -1.86. The van der Waals surface area contributed by atoms with Crippen LogP contribution in [0.2, 0.25) is 0 Å². The molecule has 27 heavy (non-hydrogen) atoms. The van der Waals surface area contributed by atoms with Crippen molar-refractivity contribution in [2.45, 2.75) is 56.6 Å². The highest BCUT2D eigenvalue weighted by atomic mass is 32.2. The van der Waals surface area contributed by atoms with Gasteiger partial charge < -0.3 is 9.88 Å². The summed E-state index contributed by atoms with van der Waals surface area (Å²) in [4.78, 5) is 14.6. The van der Waals surface area contributed by atoms with E-state index >= 15 is 0 Å². The first-order chi connectivity index (χ1) is 13.2. The standard InChI is InChI=1S/C20H29N5OS/c1-3-21-19(26)16(2)27-20-23-22-18(15-24-12-8-5-9-13-24)25(20)14-17-10-6-4-7-11-17/h4,6-7,10-11,16H,3,5,8-9,12-15H2,1-2H3,(H,21,26)/t16-/m1/s1. The minimum absolute atomic E-state index is 0.0364. The largest absolute Gasteiger partial charge is 0.355 e. The summed E-state index contributed by atoms with van der Waals surface area (Å²) in [6.07, 6.45) is 3.82. The first kappa shape index (κ1) is 19.9. The molecule has 1 N–H and O–H groups in total. The molecule has 2 aromatic rings. The van der Waals surface area contributed by atoms with Crippen molar-refractivity contribution < 1.29 is 4.79 Å². The van der Waals surface area contributed by atoms with Crippen LogP contribution in [0.5, 0.6) is 0 Å². The van der Waals surface area contributed by atoms with Gasteiger partial charge in [0.25, 0.3) is 0 Å². The number of carbonyl (C=O) groups is 1. The van der Waals surface area contributed by atoms with E-state index in [0.717, 1.165) is 37.2 Å². The van der Waals surface area contributed by atoms with Crippen molar-refractivity contribution in [3.05, 3.63) is 41.7 Å². The van der Waals surface area contributed by atoms with Crippen molar-refractivity contribution in [1.82, 2.24) is 25.0 Å². The van der Waals surface area contributed by atoms with Gasteiger partial charge in [0.05, 0.1) is 18.3 Å². The van der Waals surface area contributed by atoms with E-state index in [2.05, 4.69) is 37.1 Å². The van der Waals surface area contributed by atoms with Crippen molar-refractivity contribution in [1.29, 1.82) is 0 Å². The second kappa shape index (κ2) is 9.90. The molecule has 1 amide bonds. The molecular weight excluding hydrogens is 358 g/mol. The van der Waals surface area contributed by atoms with Gasteiger partial charge in [0.1, 0.15) is 5.82 Å². The van der Waals surface area contributed by atoms with E-state index in [9.17, 15) is 4.79 Å². The lowest BCUT2D eigenvalue weighted by Crippen LogP contribution is -2.31. The van der Waals surface area contributed by atoms with Crippen LogP contribution in [-0.4, -0.2) is 50.5 Å². The average molecular weight is 388 g/mol. The SMILES string of the molecule is CCNC(=O)[C@@H](C)Sc1nnc(CN2CCCCC2)n1Cc1ccccc1. The minimum Gasteiger partial charge on any atom is -0.355 e. The third-order valence-electron chi connectivity index (χ3n) is 4.79. The van der Waals surface area contributed by atoms with Crippen LogP contribution in [0.25, 0.3) is 0 Å². The van der Waals surface area contributed by atoms with Gasteiger partial charge in [-0.2, -0.15) is 0 Å². The highest BCUT2D eigenvalue weighted by Gasteiger charge is 2.21. The molecule has 0 bridgehead atoms. The number of rotatable bonds is 8. The number of hydrogen-bond donors (Lipinski definition) is 1. The Kier molecular flexibility index (Phi) is 7.29. The molecule has 1 aliphatic heterocycles. The van der Waals surface area contributed by atoms with Crippen LogP contribution in [0, 0.1) is 0 Å². The van der Waals surface area contributed by atoms with Gasteiger partial charge in [0.15, 0.2) is 5.16 Å². The van der Waals surface area contributed by atoms with Gasteiger partial charge in [-0.25, -0.2) is 0 Å². The second-order valence-corrected chi connectivity index (χ2v) is 8.27. The van der Waals surface area contributed by atoms with Crippen molar-refractivity contribution in [2.24, 2.45) is 0 Å². The van der Waals surface area contributed by atoms with Crippen molar-refractivity contribution in [2.75, 3.05) is 19.6 Å². The number of carbonyl (C=O) groups excluding carboxylic acids is 1. The maximum absolute atomic E-state index is 12.1. The fourth-order valence-corrected chi connectivity index (χ4v) is 4.19. The third-order valence-corrected chi connectivity index (χ3v) is 5.87. The highest BCUT2D eigenvalue weighted by Crippen LogP contribution is 2.24. The summed E-state index contributed by atoms with van der Waals surface area (Å²) in [5.74, 6) is 1.01. The summed E-state index contributed by atoms with van der Waals surface area (Å²) in [5.41, 5.74) is 1.21. The fourth-order valence-electron chi connectivity index (χ4n) is 3.30. The van der Waals surface area contributed by atoms with Gasteiger partial charge in [-0.05, 0) is 45.3 Å². The number of nitrogens with one attached hydrogen (secondary N) is 1. The van der Waals surface area contributed by atoms with Crippen LogP contribution < -0.4 is 5.32 Å². The fraction of sp³-hybridized carbons (Fsp3) is 0.550. The number of piperidine rings is 1. The van der Waals surface area contributed by atoms with E-state index in [1.807, 2.05) is 32.0 Å². The van der Waals surface area contributed by atoms with E-state index in [1.54, 1.807) is 0 Å². The summed E-state index contributed by atoms with van der Waals surface area (Å²) >= 11 is 1.48. The van der Waals surface area contributed by atoms with Gasteiger partial charge in [0.2, 0.25) is 5.91 Å². The normalized spacial score (nSPS) is 16.2. The molecule has 1 aromatic heterocycles. The molecule has 3 rings (SSSR count). The first-order valence-electron chi connectivity index (χ1n) is 9.80. The summed E-state index contributed by atoms with van der Waals surface area (Å²) < 4.78 is 2.17. The molecule has 7 heteroatoms. The Balaban J connectivity index is 1.80.